The molecule has 2 aliphatic carbocycles. The maximum Gasteiger partial charge on any atom is 0.228 e. The van der Waals surface area contributed by atoms with Gasteiger partial charge in [-0.1, -0.05) is 18.2 Å². The topological polar surface area (TPSA) is 58.1 Å². The van der Waals surface area contributed by atoms with E-state index in [-0.39, 0.29) is 17.8 Å². The van der Waals surface area contributed by atoms with Crippen molar-refractivity contribution in [2.45, 2.75) is 57.7 Å². The fraction of sp³-hybridized carbons (Fsp3) is 0.321. The fourth-order valence-corrected chi connectivity index (χ4v) is 5.18. The number of thiophene rings is 1. The predicted molar refractivity (Wildman–Crippen MR) is 138 cm³/mol. The first-order valence-corrected chi connectivity index (χ1v) is 13.1. The lowest BCUT2D eigenvalue weighted by molar-refractivity contribution is -0.131. The van der Waals surface area contributed by atoms with E-state index in [1.54, 1.807) is 17.4 Å². The molecule has 0 aliphatic heterocycles. The van der Waals surface area contributed by atoms with E-state index in [9.17, 15) is 9.18 Å². The van der Waals surface area contributed by atoms with Crippen molar-refractivity contribution >= 4 is 34.0 Å². The number of carbonyl (C=O) groups excluding carboxylic acids is 1. The molecule has 35 heavy (non-hydrogen) atoms. The normalized spacial score (nSPS) is 15.4. The standard InChI is InChI=1S/C28H27FN4OS/c1-17-30-26-11-5-19(14-24(26)28(31-17)32-21-6-7-21)18-4-10-25(29)20(13-18)16-33(22-8-9-22)27(34)15-23-3-2-12-35-23/h2-5,10-14,21-22H,6-9,15-16H2,1H3,(H,30,31,32). The summed E-state index contributed by atoms with van der Waals surface area (Å²) in [6, 6.07) is 15.9. The summed E-state index contributed by atoms with van der Waals surface area (Å²) in [7, 11) is 0. The Labute approximate surface area is 208 Å². The van der Waals surface area contributed by atoms with Gasteiger partial charge in [0, 0.05) is 34.5 Å². The van der Waals surface area contributed by atoms with Crippen LogP contribution < -0.4 is 5.32 Å². The first kappa shape index (κ1) is 22.2. The molecule has 0 unspecified atom stereocenters. The van der Waals surface area contributed by atoms with E-state index in [2.05, 4.69) is 21.4 Å². The number of carbonyl (C=O) groups is 1. The Hall–Kier alpha value is -3.32. The second kappa shape index (κ2) is 9.04. The molecular weight excluding hydrogens is 459 g/mol. The highest BCUT2D eigenvalue weighted by atomic mass is 32.1. The largest absolute Gasteiger partial charge is 0.367 e. The Morgan fingerprint density at radius 1 is 1.09 bits per heavy atom. The first-order valence-electron chi connectivity index (χ1n) is 12.2. The molecule has 0 radical (unpaired) electrons. The lowest BCUT2D eigenvalue weighted by Crippen LogP contribution is -2.34. The summed E-state index contributed by atoms with van der Waals surface area (Å²) < 4.78 is 14.9. The van der Waals surface area contributed by atoms with Crippen LogP contribution in [0.1, 0.15) is 41.9 Å². The van der Waals surface area contributed by atoms with Crippen molar-refractivity contribution in [1.82, 2.24) is 14.9 Å². The van der Waals surface area contributed by atoms with Gasteiger partial charge >= 0.3 is 0 Å². The molecule has 2 aromatic carbocycles. The minimum Gasteiger partial charge on any atom is -0.367 e. The summed E-state index contributed by atoms with van der Waals surface area (Å²) in [5.41, 5.74) is 3.34. The van der Waals surface area contributed by atoms with Gasteiger partial charge in [0.1, 0.15) is 17.5 Å². The number of halogens is 1. The number of nitrogens with one attached hydrogen (secondary N) is 1. The van der Waals surface area contributed by atoms with Crippen molar-refractivity contribution in [3.05, 3.63) is 76.0 Å². The predicted octanol–water partition coefficient (Wildman–Crippen LogP) is 6.11. The van der Waals surface area contributed by atoms with Gasteiger partial charge in [-0.3, -0.25) is 4.79 Å². The molecule has 0 saturated heterocycles. The third kappa shape index (κ3) is 4.91. The van der Waals surface area contributed by atoms with Crippen molar-refractivity contribution in [1.29, 1.82) is 0 Å². The Balaban J connectivity index is 1.30. The van der Waals surface area contributed by atoms with Crippen LogP contribution in [0.5, 0.6) is 0 Å². The van der Waals surface area contributed by atoms with Crippen molar-refractivity contribution < 1.29 is 9.18 Å². The van der Waals surface area contributed by atoms with Crippen molar-refractivity contribution in [2.75, 3.05) is 5.32 Å². The van der Waals surface area contributed by atoms with Crippen molar-refractivity contribution in [3.8, 4) is 11.1 Å². The molecule has 2 aromatic heterocycles. The van der Waals surface area contributed by atoms with E-state index in [1.165, 1.54) is 6.07 Å². The van der Waals surface area contributed by atoms with Crippen LogP contribution in [0.2, 0.25) is 0 Å². The van der Waals surface area contributed by atoms with Gasteiger partial charge in [-0.15, -0.1) is 11.3 Å². The Morgan fingerprint density at radius 2 is 1.89 bits per heavy atom. The van der Waals surface area contributed by atoms with Crippen LogP contribution in [0.25, 0.3) is 22.0 Å². The smallest absolute Gasteiger partial charge is 0.228 e. The molecule has 4 aromatic rings. The van der Waals surface area contributed by atoms with E-state index in [0.29, 0.717) is 24.6 Å². The summed E-state index contributed by atoms with van der Waals surface area (Å²) in [4.78, 5) is 25.2. The number of amides is 1. The highest BCUT2D eigenvalue weighted by molar-refractivity contribution is 7.10. The highest BCUT2D eigenvalue weighted by Crippen LogP contribution is 2.33. The van der Waals surface area contributed by atoms with Crippen molar-refractivity contribution in [2.24, 2.45) is 0 Å². The van der Waals surface area contributed by atoms with E-state index in [4.69, 9.17) is 0 Å². The molecule has 2 aliphatic rings. The minimum absolute atomic E-state index is 0.0637. The molecule has 0 bridgehead atoms. The monoisotopic (exact) mass is 486 g/mol. The van der Waals surface area contributed by atoms with Crippen LogP contribution in [0.4, 0.5) is 10.2 Å². The molecule has 6 rings (SSSR count). The summed E-state index contributed by atoms with van der Waals surface area (Å²) in [6.45, 7) is 2.20. The third-order valence-corrected chi connectivity index (χ3v) is 7.54. The van der Waals surface area contributed by atoms with Gasteiger partial charge in [-0.05, 0) is 79.4 Å². The van der Waals surface area contributed by atoms with Crippen LogP contribution >= 0.6 is 11.3 Å². The number of rotatable bonds is 8. The van der Waals surface area contributed by atoms with Crippen LogP contribution in [-0.2, 0) is 17.8 Å². The molecule has 7 heteroatoms. The zero-order valence-corrected chi connectivity index (χ0v) is 20.4. The molecule has 178 valence electrons. The van der Waals surface area contributed by atoms with E-state index < -0.39 is 0 Å². The van der Waals surface area contributed by atoms with Crippen LogP contribution in [0.15, 0.2) is 53.9 Å². The van der Waals surface area contributed by atoms with Gasteiger partial charge in [-0.25, -0.2) is 14.4 Å². The molecular formula is C28H27FN4OS. The zero-order valence-electron chi connectivity index (χ0n) is 19.6. The number of aryl methyl sites for hydroxylation is 1. The first-order chi connectivity index (χ1) is 17.0. The van der Waals surface area contributed by atoms with Gasteiger partial charge < -0.3 is 10.2 Å². The molecule has 2 heterocycles. The fourth-order valence-electron chi connectivity index (χ4n) is 4.49. The summed E-state index contributed by atoms with van der Waals surface area (Å²) >= 11 is 1.58. The molecule has 1 N–H and O–H groups in total. The molecule has 5 nitrogen and oxygen atoms in total. The minimum atomic E-state index is -0.279. The molecule has 0 spiro atoms. The quantitative estimate of drug-likeness (QED) is 0.326. The molecule has 0 atom stereocenters. The number of anilines is 1. The number of aromatic nitrogens is 2. The van der Waals surface area contributed by atoms with Crippen molar-refractivity contribution in [3.63, 3.8) is 0 Å². The Bertz CT molecular complexity index is 1400. The lowest BCUT2D eigenvalue weighted by atomic mass is 10.0. The van der Waals surface area contributed by atoms with Gasteiger partial charge in [0.25, 0.3) is 0 Å². The van der Waals surface area contributed by atoms with E-state index >= 15 is 0 Å². The maximum atomic E-state index is 14.9. The van der Waals surface area contributed by atoms with Gasteiger partial charge in [0.05, 0.1) is 11.9 Å². The van der Waals surface area contributed by atoms with Gasteiger partial charge in [0.2, 0.25) is 5.91 Å². The van der Waals surface area contributed by atoms with Crippen LogP contribution in [-0.4, -0.2) is 32.9 Å². The summed E-state index contributed by atoms with van der Waals surface area (Å²) in [6.07, 6.45) is 4.66. The number of hydrogen-bond donors (Lipinski definition) is 1. The van der Waals surface area contributed by atoms with Crippen LogP contribution in [0, 0.1) is 12.7 Å². The SMILES string of the molecule is Cc1nc(NC2CC2)c2cc(-c3ccc(F)c(CN(C(=O)Cc4cccs4)C4CC4)c3)ccc2n1. The van der Waals surface area contributed by atoms with Gasteiger partial charge in [-0.2, -0.15) is 0 Å². The summed E-state index contributed by atoms with van der Waals surface area (Å²) in [5.74, 6) is 1.39. The second-order valence-electron chi connectivity index (χ2n) is 9.59. The molecule has 1 amide bonds. The Kier molecular flexibility index (Phi) is 5.72. The maximum absolute atomic E-state index is 14.9. The lowest BCUT2D eigenvalue weighted by Gasteiger charge is -2.23. The zero-order chi connectivity index (χ0) is 23.9. The average Bonchev–Trinajstić information content (AvgIpc) is 3.78. The molecule has 2 fully saturated rings. The second-order valence-corrected chi connectivity index (χ2v) is 10.6. The number of benzene rings is 2. The third-order valence-electron chi connectivity index (χ3n) is 6.66. The number of fused-ring (bicyclic) bond motifs is 1. The van der Waals surface area contributed by atoms with Gasteiger partial charge in [0.15, 0.2) is 0 Å². The number of hydrogen-bond acceptors (Lipinski definition) is 5. The highest BCUT2D eigenvalue weighted by Gasteiger charge is 2.33. The van der Waals surface area contributed by atoms with E-state index in [0.717, 1.165) is 64.2 Å². The molecule has 2 saturated carbocycles. The average molecular weight is 487 g/mol. The Morgan fingerprint density at radius 3 is 2.63 bits per heavy atom. The van der Waals surface area contributed by atoms with E-state index in [1.807, 2.05) is 47.5 Å². The number of nitrogens with zero attached hydrogens (tertiary/aromatic N) is 3. The summed E-state index contributed by atoms with van der Waals surface area (Å²) in [5, 5.41) is 6.47. The van der Waals surface area contributed by atoms with Crippen LogP contribution in [0.3, 0.4) is 0 Å².